The van der Waals surface area contributed by atoms with Gasteiger partial charge >= 0.3 is 11.9 Å². The first-order valence-electron chi connectivity index (χ1n) is 3.67. The Labute approximate surface area is 65.0 Å². The van der Waals surface area contributed by atoms with Gasteiger partial charge in [-0.2, -0.15) is 0 Å². The second kappa shape index (κ2) is 3.91. The van der Waals surface area contributed by atoms with Gasteiger partial charge in [0, 0.05) is 12.8 Å². The SMILES string of the molecule is O=C1CCC=CCCC(=O)O1. The number of ether oxygens (including phenoxy) is 1. The van der Waals surface area contributed by atoms with E-state index in [2.05, 4.69) is 4.74 Å². The largest absolute Gasteiger partial charge is 0.393 e. The third-order valence-corrected chi connectivity index (χ3v) is 1.42. The first-order valence-corrected chi connectivity index (χ1v) is 3.67. The van der Waals surface area contributed by atoms with Crippen molar-refractivity contribution in [2.24, 2.45) is 0 Å². The maximum Gasteiger partial charge on any atom is 0.313 e. The van der Waals surface area contributed by atoms with Crippen molar-refractivity contribution in [1.82, 2.24) is 0 Å². The van der Waals surface area contributed by atoms with Crippen LogP contribution in [0.15, 0.2) is 12.2 Å². The van der Waals surface area contributed by atoms with Gasteiger partial charge in [-0.15, -0.1) is 0 Å². The van der Waals surface area contributed by atoms with Crippen LogP contribution < -0.4 is 0 Å². The summed E-state index contributed by atoms with van der Waals surface area (Å²) >= 11 is 0. The Morgan fingerprint density at radius 3 is 1.91 bits per heavy atom. The van der Waals surface area contributed by atoms with E-state index in [0.29, 0.717) is 25.7 Å². The van der Waals surface area contributed by atoms with Crippen molar-refractivity contribution in [1.29, 1.82) is 0 Å². The average molecular weight is 154 g/mol. The zero-order valence-corrected chi connectivity index (χ0v) is 6.21. The van der Waals surface area contributed by atoms with Crippen LogP contribution in [-0.2, 0) is 14.3 Å². The van der Waals surface area contributed by atoms with Crippen molar-refractivity contribution in [3.05, 3.63) is 12.2 Å². The third-order valence-electron chi connectivity index (χ3n) is 1.42. The maximum atomic E-state index is 10.7. The normalized spacial score (nSPS) is 20.0. The van der Waals surface area contributed by atoms with Crippen molar-refractivity contribution >= 4 is 11.9 Å². The van der Waals surface area contributed by atoms with Crippen LogP contribution in [0.4, 0.5) is 0 Å². The summed E-state index contributed by atoms with van der Waals surface area (Å²) in [5.41, 5.74) is 0. The molecule has 60 valence electrons. The Balaban J connectivity index is 2.49. The summed E-state index contributed by atoms with van der Waals surface area (Å²) < 4.78 is 4.45. The highest BCUT2D eigenvalue weighted by Gasteiger charge is 2.09. The summed E-state index contributed by atoms with van der Waals surface area (Å²) in [6, 6.07) is 0. The minimum atomic E-state index is -0.415. The van der Waals surface area contributed by atoms with E-state index < -0.39 is 11.9 Å². The summed E-state index contributed by atoms with van der Waals surface area (Å²) in [4.78, 5) is 21.4. The minimum absolute atomic E-state index is 0.308. The fraction of sp³-hybridized carbons (Fsp3) is 0.500. The topological polar surface area (TPSA) is 43.4 Å². The van der Waals surface area contributed by atoms with Crippen LogP contribution in [0.2, 0.25) is 0 Å². The van der Waals surface area contributed by atoms with Gasteiger partial charge in [0.1, 0.15) is 0 Å². The van der Waals surface area contributed by atoms with Crippen LogP contribution in [0.3, 0.4) is 0 Å². The molecule has 0 aliphatic carbocycles. The Hall–Kier alpha value is -1.12. The van der Waals surface area contributed by atoms with Crippen LogP contribution in [0.25, 0.3) is 0 Å². The van der Waals surface area contributed by atoms with E-state index in [0.717, 1.165) is 0 Å². The third kappa shape index (κ3) is 2.98. The second-order valence-electron chi connectivity index (χ2n) is 2.39. The van der Waals surface area contributed by atoms with Gasteiger partial charge in [0.2, 0.25) is 0 Å². The van der Waals surface area contributed by atoms with Crippen molar-refractivity contribution in [3.8, 4) is 0 Å². The molecule has 11 heavy (non-hydrogen) atoms. The van der Waals surface area contributed by atoms with E-state index in [9.17, 15) is 9.59 Å². The number of allylic oxidation sites excluding steroid dienone is 2. The zero-order valence-electron chi connectivity index (χ0n) is 6.21. The van der Waals surface area contributed by atoms with Crippen LogP contribution >= 0.6 is 0 Å². The fourth-order valence-corrected chi connectivity index (χ4v) is 0.867. The van der Waals surface area contributed by atoms with Gasteiger partial charge < -0.3 is 4.74 Å². The van der Waals surface area contributed by atoms with Crippen molar-refractivity contribution < 1.29 is 14.3 Å². The highest BCUT2D eigenvalue weighted by atomic mass is 16.6. The van der Waals surface area contributed by atoms with Crippen molar-refractivity contribution in [3.63, 3.8) is 0 Å². The zero-order chi connectivity index (χ0) is 8.10. The molecule has 0 aromatic heterocycles. The van der Waals surface area contributed by atoms with Gasteiger partial charge in [0.25, 0.3) is 0 Å². The Morgan fingerprint density at radius 1 is 1.00 bits per heavy atom. The fourth-order valence-electron chi connectivity index (χ4n) is 0.867. The van der Waals surface area contributed by atoms with Gasteiger partial charge in [0.15, 0.2) is 0 Å². The molecule has 0 spiro atoms. The van der Waals surface area contributed by atoms with Gasteiger partial charge in [-0.05, 0) is 12.8 Å². The molecule has 0 radical (unpaired) electrons. The first-order chi connectivity index (χ1) is 5.29. The molecular weight excluding hydrogens is 144 g/mol. The number of cyclic esters (lactones) is 2. The molecule has 1 aliphatic heterocycles. The number of carbonyl (C=O) groups is 2. The lowest BCUT2D eigenvalue weighted by Crippen LogP contribution is -2.10. The summed E-state index contributed by atoms with van der Waals surface area (Å²) in [5.74, 6) is -0.830. The summed E-state index contributed by atoms with van der Waals surface area (Å²) in [5, 5.41) is 0. The molecule has 0 unspecified atom stereocenters. The molecule has 0 saturated carbocycles. The van der Waals surface area contributed by atoms with Crippen LogP contribution in [0, 0.1) is 0 Å². The molecule has 0 fully saturated rings. The Morgan fingerprint density at radius 2 is 1.45 bits per heavy atom. The molecule has 0 aromatic carbocycles. The molecule has 0 N–H and O–H groups in total. The maximum absolute atomic E-state index is 10.7. The predicted octanol–water partition coefficient (Wildman–Crippen LogP) is 1.19. The lowest BCUT2D eigenvalue weighted by Gasteiger charge is -1.97. The highest BCUT2D eigenvalue weighted by Crippen LogP contribution is 2.03. The number of hydrogen-bond donors (Lipinski definition) is 0. The molecule has 3 heteroatoms. The summed E-state index contributed by atoms with van der Waals surface area (Å²) in [7, 11) is 0. The lowest BCUT2D eigenvalue weighted by molar-refractivity contribution is -0.159. The first kappa shape index (κ1) is 7.98. The molecule has 0 amide bonds. The molecule has 1 aliphatic rings. The lowest BCUT2D eigenvalue weighted by atomic mass is 10.2. The van der Waals surface area contributed by atoms with E-state index in [4.69, 9.17) is 0 Å². The molecule has 0 saturated heterocycles. The monoisotopic (exact) mass is 154 g/mol. The van der Waals surface area contributed by atoms with Gasteiger partial charge in [-0.3, -0.25) is 9.59 Å². The average Bonchev–Trinajstić information content (AvgIpc) is 2.02. The second-order valence-corrected chi connectivity index (χ2v) is 2.39. The number of carbonyl (C=O) groups excluding carboxylic acids is 2. The highest BCUT2D eigenvalue weighted by molar-refractivity contribution is 5.85. The van der Waals surface area contributed by atoms with Gasteiger partial charge in [-0.25, -0.2) is 0 Å². The Bertz CT molecular complexity index is 174. The van der Waals surface area contributed by atoms with Gasteiger partial charge in [-0.1, -0.05) is 12.2 Å². The van der Waals surface area contributed by atoms with E-state index in [-0.39, 0.29) is 0 Å². The van der Waals surface area contributed by atoms with E-state index in [1.807, 2.05) is 12.2 Å². The van der Waals surface area contributed by atoms with Crippen LogP contribution in [0.1, 0.15) is 25.7 Å². The number of esters is 2. The van der Waals surface area contributed by atoms with E-state index >= 15 is 0 Å². The van der Waals surface area contributed by atoms with Crippen LogP contribution in [-0.4, -0.2) is 11.9 Å². The molecule has 0 atom stereocenters. The molecule has 1 heterocycles. The predicted molar refractivity (Wildman–Crippen MR) is 38.7 cm³/mol. The number of rotatable bonds is 0. The standard InChI is InChI=1S/C8H10O3/c9-7-5-3-1-2-4-6-8(10)11-7/h1-2H,3-6H2. The minimum Gasteiger partial charge on any atom is -0.393 e. The summed E-state index contributed by atoms with van der Waals surface area (Å²) in [6.45, 7) is 0. The molecule has 3 nitrogen and oxygen atoms in total. The summed E-state index contributed by atoms with van der Waals surface area (Å²) in [6.07, 6.45) is 5.77. The number of hydrogen-bond acceptors (Lipinski definition) is 3. The quantitative estimate of drug-likeness (QED) is 0.299. The molecular formula is C8H10O3. The van der Waals surface area contributed by atoms with Crippen LogP contribution in [0.5, 0.6) is 0 Å². The van der Waals surface area contributed by atoms with Gasteiger partial charge in [0.05, 0.1) is 0 Å². The molecule has 1 rings (SSSR count). The van der Waals surface area contributed by atoms with Crippen molar-refractivity contribution in [2.45, 2.75) is 25.7 Å². The molecule has 0 aromatic rings. The van der Waals surface area contributed by atoms with Crippen molar-refractivity contribution in [2.75, 3.05) is 0 Å². The van der Waals surface area contributed by atoms with E-state index in [1.54, 1.807) is 0 Å². The van der Waals surface area contributed by atoms with E-state index in [1.165, 1.54) is 0 Å². The molecule has 0 bridgehead atoms. The smallest absolute Gasteiger partial charge is 0.313 e. The Kier molecular flexibility index (Phi) is 2.83.